The van der Waals surface area contributed by atoms with Gasteiger partial charge in [-0.2, -0.15) is 0 Å². The second kappa shape index (κ2) is 6.53. The van der Waals surface area contributed by atoms with Gasteiger partial charge in [-0.25, -0.2) is 4.39 Å². The third-order valence-electron chi connectivity index (χ3n) is 3.02. The molecule has 0 bridgehead atoms. The molecule has 1 N–H and O–H groups in total. The van der Waals surface area contributed by atoms with E-state index in [2.05, 4.69) is 21.2 Å². The van der Waals surface area contributed by atoms with E-state index in [4.69, 9.17) is 11.6 Å². The number of rotatable bonds is 5. The van der Waals surface area contributed by atoms with E-state index in [9.17, 15) is 9.18 Å². The Morgan fingerprint density at radius 3 is 2.72 bits per heavy atom. The van der Waals surface area contributed by atoms with Gasteiger partial charge >= 0.3 is 0 Å². The lowest BCUT2D eigenvalue weighted by Gasteiger charge is -2.29. The Morgan fingerprint density at radius 1 is 1.56 bits per heavy atom. The van der Waals surface area contributed by atoms with Crippen molar-refractivity contribution >= 4 is 33.4 Å². The Balaban J connectivity index is 2.84. The molecule has 0 spiro atoms. The number of nitrogens with one attached hydrogen (secondary N) is 1. The van der Waals surface area contributed by atoms with Gasteiger partial charge in [0.15, 0.2) is 0 Å². The third kappa shape index (κ3) is 3.95. The number of alkyl halides is 1. The minimum atomic E-state index is -0.446. The van der Waals surface area contributed by atoms with E-state index in [0.29, 0.717) is 22.3 Å². The molecule has 1 aromatic carbocycles. The Morgan fingerprint density at radius 2 is 2.22 bits per heavy atom. The maximum atomic E-state index is 13.4. The Hall–Kier alpha value is -0.610. The molecule has 5 heteroatoms. The molecule has 0 heterocycles. The van der Waals surface area contributed by atoms with Gasteiger partial charge in [0.1, 0.15) is 5.82 Å². The zero-order valence-electron chi connectivity index (χ0n) is 10.4. The molecule has 0 aromatic heterocycles. The fourth-order valence-corrected chi connectivity index (χ4v) is 2.18. The SMILES string of the molecule is CCC(C)(CCCl)NC(=O)c1ccc(Br)c(F)c1. The van der Waals surface area contributed by atoms with Crippen LogP contribution in [-0.4, -0.2) is 17.3 Å². The molecule has 1 atom stereocenters. The van der Waals surface area contributed by atoms with Gasteiger partial charge < -0.3 is 5.32 Å². The first-order chi connectivity index (χ1) is 8.41. The number of carbonyl (C=O) groups is 1. The van der Waals surface area contributed by atoms with Gasteiger partial charge in [0.05, 0.1) is 4.47 Å². The Kier molecular flexibility index (Phi) is 5.60. The first kappa shape index (κ1) is 15.4. The van der Waals surface area contributed by atoms with Crippen molar-refractivity contribution in [2.75, 3.05) is 5.88 Å². The molecule has 0 saturated carbocycles. The van der Waals surface area contributed by atoms with Gasteiger partial charge in [0.25, 0.3) is 5.91 Å². The summed E-state index contributed by atoms with van der Waals surface area (Å²) >= 11 is 8.78. The molecule has 18 heavy (non-hydrogen) atoms. The average Bonchev–Trinajstić information content (AvgIpc) is 2.32. The highest BCUT2D eigenvalue weighted by molar-refractivity contribution is 9.10. The Labute approximate surface area is 120 Å². The predicted molar refractivity (Wildman–Crippen MR) is 75.6 cm³/mol. The number of hydrogen-bond acceptors (Lipinski definition) is 1. The van der Waals surface area contributed by atoms with Crippen LogP contribution in [0, 0.1) is 5.82 Å². The zero-order valence-corrected chi connectivity index (χ0v) is 12.7. The van der Waals surface area contributed by atoms with Crippen molar-refractivity contribution < 1.29 is 9.18 Å². The summed E-state index contributed by atoms with van der Waals surface area (Å²) in [7, 11) is 0. The molecule has 0 saturated heterocycles. The molecular weight excluding hydrogens is 321 g/mol. The second-order valence-electron chi connectivity index (χ2n) is 4.44. The lowest BCUT2D eigenvalue weighted by atomic mass is 9.95. The first-order valence-electron chi connectivity index (χ1n) is 5.75. The minimum Gasteiger partial charge on any atom is -0.347 e. The molecule has 1 unspecified atom stereocenters. The van der Waals surface area contributed by atoms with Crippen LogP contribution >= 0.6 is 27.5 Å². The summed E-state index contributed by atoms with van der Waals surface area (Å²) in [4.78, 5) is 12.0. The molecule has 0 aliphatic heterocycles. The van der Waals surface area contributed by atoms with Crippen LogP contribution in [0.2, 0.25) is 0 Å². The van der Waals surface area contributed by atoms with Gasteiger partial charge in [-0.3, -0.25) is 4.79 Å². The van der Waals surface area contributed by atoms with Gasteiger partial charge in [0, 0.05) is 17.0 Å². The maximum absolute atomic E-state index is 13.4. The summed E-state index contributed by atoms with van der Waals surface area (Å²) in [5, 5.41) is 2.90. The van der Waals surface area contributed by atoms with E-state index >= 15 is 0 Å². The van der Waals surface area contributed by atoms with Crippen LogP contribution in [0.15, 0.2) is 22.7 Å². The summed E-state index contributed by atoms with van der Waals surface area (Å²) in [5.74, 6) is -0.256. The second-order valence-corrected chi connectivity index (χ2v) is 5.67. The van der Waals surface area contributed by atoms with Crippen LogP contribution < -0.4 is 5.32 Å². The highest BCUT2D eigenvalue weighted by Crippen LogP contribution is 2.19. The van der Waals surface area contributed by atoms with E-state index in [1.807, 2.05) is 13.8 Å². The van der Waals surface area contributed by atoms with Crippen LogP contribution in [-0.2, 0) is 0 Å². The van der Waals surface area contributed by atoms with E-state index in [1.54, 1.807) is 6.07 Å². The lowest BCUT2D eigenvalue weighted by molar-refractivity contribution is 0.0901. The van der Waals surface area contributed by atoms with E-state index in [0.717, 1.165) is 6.42 Å². The molecule has 0 fully saturated rings. The number of benzene rings is 1. The monoisotopic (exact) mass is 335 g/mol. The van der Waals surface area contributed by atoms with Crippen molar-refractivity contribution in [3.05, 3.63) is 34.1 Å². The molecule has 0 radical (unpaired) electrons. The summed E-state index contributed by atoms with van der Waals surface area (Å²) in [6.07, 6.45) is 1.44. The van der Waals surface area contributed by atoms with Crippen LogP contribution in [0.5, 0.6) is 0 Å². The molecular formula is C13H16BrClFNO. The molecule has 100 valence electrons. The first-order valence-corrected chi connectivity index (χ1v) is 7.08. The summed E-state index contributed by atoms with van der Waals surface area (Å²) in [5.41, 5.74) is -0.0486. The van der Waals surface area contributed by atoms with Crippen molar-refractivity contribution in [3.63, 3.8) is 0 Å². The van der Waals surface area contributed by atoms with Crippen molar-refractivity contribution in [3.8, 4) is 0 Å². The van der Waals surface area contributed by atoms with Crippen LogP contribution in [0.3, 0.4) is 0 Å². The summed E-state index contributed by atoms with van der Waals surface area (Å²) in [6, 6.07) is 4.32. The topological polar surface area (TPSA) is 29.1 Å². The smallest absolute Gasteiger partial charge is 0.251 e. The minimum absolute atomic E-state index is 0.282. The third-order valence-corrected chi connectivity index (χ3v) is 3.86. The lowest BCUT2D eigenvalue weighted by Crippen LogP contribution is -2.45. The fraction of sp³-hybridized carbons (Fsp3) is 0.462. The van der Waals surface area contributed by atoms with Gasteiger partial charge in [0.2, 0.25) is 0 Å². The zero-order chi connectivity index (χ0) is 13.8. The number of halogens is 3. The summed E-state index contributed by atoms with van der Waals surface area (Å²) < 4.78 is 13.7. The highest BCUT2D eigenvalue weighted by Gasteiger charge is 2.24. The van der Waals surface area contributed by atoms with Gasteiger partial charge in [-0.1, -0.05) is 6.92 Å². The highest BCUT2D eigenvalue weighted by atomic mass is 79.9. The Bertz CT molecular complexity index is 441. The standard InChI is InChI=1S/C13H16BrClFNO/c1-3-13(2,6-7-15)17-12(18)9-4-5-10(14)11(16)8-9/h4-5,8H,3,6-7H2,1-2H3,(H,17,18). The number of carbonyl (C=O) groups excluding carboxylic acids is 1. The van der Waals surface area contributed by atoms with Gasteiger partial charge in [-0.15, -0.1) is 11.6 Å². The van der Waals surface area contributed by atoms with E-state index in [-0.39, 0.29) is 11.4 Å². The van der Waals surface area contributed by atoms with Crippen molar-refractivity contribution in [2.45, 2.75) is 32.2 Å². The van der Waals surface area contributed by atoms with E-state index < -0.39 is 5.82 Å². The van der Waals surface area contributed by atoms with Crippen molar-refractivity contribution in [2.24, 2.45) is 0 Å². The average molecular weight is 337 g/mol. The van der Waals surface area contributed by atoms with Gasteiger partial charge in [-0.05, 0) is 53.9 Å². The quantitative estimate of drug-likeness (QED) is 0.805. The fourth-order valence-electron chi connectivity index (χ4n) is 1.52. The molecule has 0 aliphatic carbocycles. The molecule has 1 rings (SSSR count). The number of hydrogen-bond donors (Lipinski definition) is 1. The molecule has 2 nitrogen and oxygen atoms in total. The largest absolute Gasteiger partial charge is 0.347 e. The van der Waals surface area contributed by atoms with Crippen molar-refractivity contribution in [1.29, 1.82) is 0 Å². The maximum Gasteiger partial charge on any atom is 0.251 e. The van der Waals surface area contributed by atoms with Crippen LogP contribution in [0.4, 0.5) is 4.39 Å². The molecule has 1 amide bonds. The number of amides is 1. The normalized spacial score (nSPS) is 14.1. The molecule has 1 aromatic rings. The molecule has 0 aliphatic rings. The van der Waals surface area contributed by atoms with Crippen LogP contribution in [0.25, 0.3) is 0 Å². The van der Waals surface area contributed by atoms with Crippen molar-refractivity contribution in [1.82, 2.24) is 5.32 Å². The predicted octanol–water partition coefficient (Wildman–Crippen LogP) is 4.12. The van der Waals surface area contributed by atoms with E-state index in [1.165, 1.54) is 12.1 Å². The summed E-state index contributed by atoms with van der Waals surface area (Å²) in [6.45, 7) is 3.91. The van der Waals surface area contributed by atoms with Crippen LogP contribution in [0.1, 0.15) is 37.0 Å².